The highest BCUT2D eigenvalue weighted by molar-refractivity contribution is 5.84. The van der Waals surface area contributed by atoms with Crippen LogP contribution in [0.1, 0.15) is 47.0 Å². The Morgan fingerprint density at radius 1 is 1.40 bits per heavy atom. The normalized spacial score (nSPS) is 29.3. The van der Waals surface area contributed by atoms with Gasteiger partial charge in [0.2, 0.25) is 0 Å². The Morgan fingerprint density at radius 2 is 2.07 bits per heavy atom. The molecule has 1 fully saturated rings. The van der Waals surface area contributed by atoms with E-state index in [9.17, 15) is 4.79 Å². The molecule has 0 radical (unpaired) electrons. The Kier molecular flexibility index (Phi) is 4.78. The van der Waals surface area contributed by atoms with E-state index in [1.54, 1.807) is 0 Å². The summed E-state index contributed by atoms with van der Waals surface area (Å²) in [6, 6.07) is 0.218. The van der Waals surface area contributed by atoms with Gasteiger partial charge in [-0.25, -0.2) is 0 Å². The van der Waals surface area contributed by atoms with Crippen LogP contribution in [0, 0.1) is 11.8 Å². The molecule has 0 aromatic heterocycles. The molecule has 0 aromatic rings. The van der Waals surface area contributed by atoms with E-state index in [1.807, 2.05) is 6.92 Å². The lowest BCUT2D eigenvalue weighted by Crippen LogP contribution is -2.41. The van der Waals surface area contributed by atoms with E-state index in [0.29, 0.717) is 24.0 Å². The smallest absolute Gasteiger partial charge is 0.149 e. The number of rotatable bonds is 5. The zero-order chi connectivity index (χ0) is 11.4. The molecular weight excluding hydrogens is 186 g/mol. The third-order valence-electron chi connectivity index (χ3n) is 4.01. The van der Waals surface area contributed by atoms with E-state index >= 15 is 0 Å². The highest BCUT2D eigenvalue weighted by Gasteiger charge is 2.39. The summed E-state index contributed by atoms with van der Waals surface area (Å²) in [5.74, 6) is 1.73. The minimum Gasteiger partial charge on any atom is -0.298 e. The second kappa shape index (κ2) is 5.64. The Bertz CT molecular complexity index is 215. The van der Waals surface area contributed by atoms with Gasteiger partial charge in [0.25, 0.3) is 0 Å². The van der Waals surface area contributed by atoms with Crippen molar-refractivity contribution in [1.29, 1.82) is 0 Å². The first-order chi connectivity index (χ1) is 7.15. The van der Waals surface area contributed by atoms with Crippen LogP contribution in [0.4, 0.5) is 0 Å². The monoisotopic (exact) mass is 211 g/mol. The maximum Gasteiger partial charge on any atom is 0.149 e. The number of Topliss-reactive ketones (excluding diaryl/α,β-unsaturated/α-hetero) is 1. The van der Waals surface area contributed by atoms with Crippen LogP contribution in [-0.4, -0.2) is 29.8 Å². The van der Waals surface area contributed by atoms with Gasteiger partial charge in [-0.3, -0.25) is 9.69 Å². The quantitative estimate of drug-likeness (QED) is 0.697. The van der Waals surface area contributed by atoms with Crippen molar-refractivity contribution < 1.29 is 4.79 Å². The van der Waals surface area contributed by atoms with Gasteiger partial charge < -0.3 is 0 Å². The van der Waals surface area contributed by atoms with E-state index in [-0.39, 0.29) is 6.04 Å². The molecule has 0 aliphatic carbocycles. The summed E-state index contributed by atoms with van der Waals surface area (Å²) in [6.45, 7) is 10.8. The molecule has 3 atom stereocenters. The van der Waals surface area contributed by atoms with Crippen molar-refractivity contribution in [2.24, 2.45) is 11.8 Å². The van der Waals surface area contributed by atoms with Crippen molar-refractivity contribution in [1.82, 2.24) is 4.90 Å². The Labute approximate surface area is 94.0 Å². The van der Waals surface area contributed by atoms with Crippen molar-refractivity contribution in [3.63, 3.8) is 0 Å². The van der Waals surface area contributed by atoms with Crippen molar-refractivity contribution >= 4 is 5.78 Å². The molecule has 0 bridgehead atoms. The SMILES string of the molecule is CCC(=O)C1C(C(C)CC)CCN1CC. The van der Waals surface area contributed by atoms with Crippen LogP contribution in [0.15, 0.2) is 0 Å². The first kappa shape index (κ1) is 12.7. The number of likely N-dealkylation sites (N-methyl/N-ethyl adjacent to an activating group) is 1. The number of nitrogens with zero attached hydrogens (tertiary/aromatic N) is 1. The minimum absolute atomic E-state index is 0.218. The van der Waals surface area contributed by atoms with Gasteiger partial charge in [0.05, 0.1) is 6.04 Å². The molecule has 2 heteroatoms. The van der Waals surface area contributed by atoms with Gasteiger partial charge in [-0.15, -0.1) is 0 Å². The molecular formula is C13H25NO. The Morgan fingerprint density at radius 3 is 2.53 bits per heavy atom. The lowest BCUT2D eigenvalue weighted by atomic mass is 9.83. The van der Waals surface area contributed by atoms with Gasteiger partial charge in [0.15, 0.2) is 0 Å². The van der Waals surface area contributed by atoms with Crippen LogP contribution >= 0.6 is 0 Å². The number of carbonyl (C=O) groups excluding carboxylic acids is 1. The highest BCUT2D eigenvalue weighted by Crippen LogP contribution is 2.33. The summed E-state index contributed by atoms with van der Waals surface area (Å²) in [7, 11) is 0. The highest BCUT2D eigenvalue weighted by atomic mass is 16.1. The number of hydrogen-bond acceptors (Lipinski definition) is 2. The molecule has 88 valence electrons. The van der Waals surface area contributed by atoms with Crippen LogP contribution in [0.25, 0.3) is 0 Å². The molecule has 1 saturated heterocycles. The number of carbonyl (C=O) groups is 1. The van der Waals surface area contributed by atoms with Crippen LogP contribution in [0.2, 0.25) is 0 Å². The van der Waals surface area contributed by atoms with Gasteiger partial charge in [-0.1, -0.05) is 34.1 Å². The Hall–Kier alpha value is -0.370. The maximum atomic E-state index is 12.0. The third kappa shape index (κ3) is 2.60. The summed E-state index contributed by atoms with van der Waals surface area (Å²) < 4.78 is 0. The first-order valence-corrected chi connectivity index (χ1v) is 6.42. The number of ketones is 1. The van der Waals surface area contributed by atoms with Crippen LogP contribution in [-0.2, 0) is 4.79 Å². The lowest BCUT2D eigenvalue weighted by Gasteiger charge is -2.28. The molecule has 0 saturated carbocycles. The predicted molar refractivity (Wildman–Crippen MR) is 63.9 cm³/mol. The van der Waals surface area contributed by atoms with Crippen molar-refractivity contribution in [3.8, 4) is 0 Å². The summed E-state index contributed by atoms with van der Waals surface area (Å²) in [6.07, 6.45) is 3.09. The zero-order valence-corrected chi connectivity index (χ0v) is 10.6. The molecule has 0 N–H and O–H groups in total. The van der Waals surface area contributed by atoms with Crippen LogP contribution in [0.3, 0.4) is 0 Å². The molecule has 1 aliphatic rings. The van der Waals surface area contributed by atoms with Crippen LogP contribution < -0.4 is 0 Å². The number of likely N-dealkylation sites (tertiary alicyclic amines) is 1. The first-order valence-electron chi connectivity index (χ1n) is 6.42. The molecule has 1 aliphatic heterocycles. The van der Waals surface area contributed by atoms with Gasteiger partial charge in [0.1, 0.15) is 5.78 Å². The van der Waals surface area contributed by atoms with Gasteiger partial charge in [-0.2, -0.15) is 0 Å². The fourth-order valence-corrected chi connectivity index (χ4v) is 2.79. The van der Waals surface area contributed by atoms with Crippen molar-refractivity contribution in [2.45, 2.75) is 53.0 Å². The molecule has 3 unspecified atom stereocenters. The largest absolute Gasteiger partial charge is 0.298 e. The van der Waals surface area contributed by atoms with Gasteiger partial charge >= 0.3 is 0 Å². The molecule has 1 heterocycles. The lowest BCUT2D eigenvalue weighted by molar-refractivity contribution is -0.124. The fraction of sp³-hybridized carbons (Fsp3) is 0.923. The number of hydrogen-bond donors (Lipinski definition) is 0. The molecule has 0 aromatic carbocycles. The Balaban J connectivity index is 2.75. The molecule has 1 rings (SSSR count). The average Bonchev–Trinajstić information content (AvgIpc) is 2.70. The summed E-state index contributed by atoms with van der Waals surface area (Å²) >= 11 is 0. The summed E-state index contributed by atoms with van der Waals surface area (Å²) in [4.78, 5) is 14.3. The average molecular weight is 211 g/mol. The van der Waals surface area contributed by atoms with E-state index in [1.165, 1.54) is 12.8 Å². The summed E-state index contributed by atoms with van der Waals surface area (Å²) in [5, 5.41) is 0. The second-order valence-corrected chi connectivity index (χ2v) is 4.73. The fourth-order valence-electron chi connectivity index (χ4n) is 2.79. The molecule has 0 amide bonds. The summed E-state index contributed by atoms with van der Waals surface area (Å²) in [5.41, 5.74) is 0. The van der Waals surface area contributed by atoms with Crippen molar-refractivity contribution in [2.75, 3.05) is 13.1 Å². The minimum atomic E-state index is 0.218. The zero-order valence-electron chi connectivity index (χ0n) is 10.6. The van der Waals surface area contributed by atoms with E-state index < -0.39 is 0 Å². The van der Waals surface area contributed by atoms with E-state index in [2.05, 4.69) is 25.7 Å². The van der Waals surface area contributed by atoms with Crippen molar-refractivity contribution in [3.05, 3.63) is 0 Å². The molecule has 0 spiro atoms. The molecule has 15 heavy (non-hydrogen) atoms. The topological polar surface area (TPSA) is 20.3 Å². The third-order valence-corrected chi connectivity index (χ3v) is 4.01. The second-order valence-electron chi connectivity index (χ2n) is 4.73. The van der Waals surface area contributed by atoms with Crippen LogP contribution in [0.5, 0.6) is 0 Å². The maximum absolute atomic E-state index is 12.0. The predicted octanol–water partition coefficient (Wildman–Crippen LogP) is 2.72. The van der Waals surface area contributed by atoms with Gasteiger partial charge in [0, 0.05) is 6.42 Å². The standard InChI is InChI=1S/C13H25NO/c1-5-10(4)11-8-9-14(7-3)13(11)12(15)6-2/h10-11,13H,5-9H2,1-4H3. The van der Waals surface area contributed by atoms with E-state index in [4.69, 9.17) is 0 Å². The molecule has 2 nitrogen and oxygen atoms in total. The van der Waals surface area contributed by atoms with E-state index in [0.717, 1.165) is 13.1 Å². The van der Waals surface area contributed by atoms with Gasteiger partial charge in [-0.05, 0) is 31.3 Å².